The van der Waals surface area contributed by atoms with Crippen molar-refractivity contribution in [2.24, 2.45) is 0 Å². The molecule has 0 atom stereocenters. The lowest BCUT2D eigenvalue weighted by Crippen LogP contribution is -2.17. The van der Waals surface area contributed by atoms with E-state index in [-0.39, 0.29) is 10.8 Å². The van der Waals surface area contributed by atoms with E-state index in [0.29, 0.717) is 11.1 Å². The molecule has 0 spiro atoms. The van der Waals surface area contributed by atoms with E-state index in [9.17, 15) is 4.79 Å². The van der Waals surface area contributed by atoms with Crippen molar-refractivity contribution in [2.45, 2.75) is 26.2 Å². The Bertz CT molecular complexity index is 901. The fraction of sp³-hybridized carbons (Fsp3) is 0.211. The van der Waals surface area contributed by atoms with Crippen molar-refractivity contribution in [2.75, 3.05) is 5.73 Å². The van der Waals surface area contributed by atoms with Gasteiger partial charge in [0, 0.05) is 23.3 Å². The number of hydrogen-bond donors (Lipinski definition) is 1. The first-order chi connectivity index (χ1) is 10.4. The fourth-order valence-electron chi connectivity index (χ4n) is 2.80. The molecule has 3 nitrogen and oxygen atoms in total. The normalized spacial score (nSPS) is 11.8. The Hall–Kier alpha value is -2.55. The zero-order valence-corrected chi connectivity index (χ0v) is 13.1. The molecule has 0 amide bonds. The van der Waals surface area contributed by atoms with Crippen molar-refractivity contribution >= 4 is 16.6 Å². The van der Waals surface area contributed by atoms with Crippen molar-refractivity contribution in [1.29, 1.82) is 0 Å². The summed E-state index contributed by atoms with van der Waals surface area (Å²) >= 11 is 0. The number of anilines is 1. The Morgan fingerprint density at radius 2 is 1.73 bits per heavy atom. The largest absolute Gasteiger partial charge is 0.399 e. The van der Waals surface area contributed by atoms with Crippen LogP contribution >= 0.6 is 0 Å². The third-order valence-corrected chi connectivity index (χ3v) is 3.89. The third kappa shape index (κ3) is 2.39. The van der Waals surface area contributed by atoms with Gasteiger partial charge >= 0.3 is 0 Å². The van der Waals surface area contributed by atoms with Crippen LogP contribution < -0.4 is 11.2 Å². The van der Waals surface area contributed by atoms with Gasteiger partial charge in [-0.1, -0.05) is 39.0 Å². The zero-order valence-electron chi connectivity index (χ0n) is 13.1. The smallest absolute Gasteiger partial charge is 0.189 e. The van der Waals surface area contributed by atoms with E-state index in [1.54, 1.807) is 6.07 Å². The van der Waals surface area contributed by atoms with E-state index >= 15 is 0 Å². The van der Waals surface area contributed by atoms with Crippen LogP contribution in [0.25, 0.3) is 16.6 Å². The molecule has 0 aliphatic carbocycles. The molecule has 2 N–H and O–H groups in total. The molecular formula is C19H20N2O. The SMILES string of the molecule is CC(C)(C)c1ccc(N)cc1-n1ccc(=O)c2ccccc21. The van der Waals surface area contributed by atoms with Crippen LogP contribution in [-0.4, -0.2) is 4.57 Å². The number of benzene rings is 2. The van der Waals surface area contributed by atoms with Crippen molar-refractivity contribution in [3.05, 3.63) is 70.5 Å². The molecule has 0 fully saturated rings. The third-order valence-electron chi connectivity index (χ3n) is 3.89. The Balaban J connectivity index is 2.40. The van der Waals surface area contributed by atoms with Gasteiger partial charge in [0.2, 0.25) is 0 Å². The summed E-state index contributed by atoms with van der Waals surface area (Å²) in [5.41, 5.74) is 9.84. The van der Waals surface area contributed by atoms with E-state index in [0.717, 1.165) is 11.2 Å². The van der Waals surface area contributed by atoms with Gasteiger partial charge in [-0.15, -0.1) is 0 Å². The van der Waals surface area contributed by atoms with Gasteiger partial charge in [-0.25, -0.2) is 0 Å². The van der Waals surface area contributed by atoms with Crippen LogP contribution in [0.4, 0.5) is 5.69 Å². The summed E-state index contributed by atoms with van der Waals surface area (Å²) in [4.78, 5) is 12.1. The van der Waals surface area contributed by atoms with Crippen molar-refractivity contribution in [3.63, 3.8) is 0 Å². The number of fused-ring (bicyclic) bond motifs is 1. The highest BCUT2D eigenvalue weighted by Gasteiger charge is 2.19. The Morgan fingerprint density at radius 3 is 2.45 bits per heavy atom. The van der Waals surface area contributed by atoms with E-state index in [1.165, 1.54) is 5.56 Å². The second-order valence-electron chi connectivity index (χ2n) is 6.59. The van der Waals surface area contributed by atoms with Gasteiger partial charge in [0.15, 0.2) is 5.43 Å². The van der Waals surface area contributed by atoms with E-state index in [4.69, 9.17) is 5.73 Å². The topological polar surface area (TPSA) is 48.0 Å². The number of rotatable bonds is 1. The molecule has 2 aromatic carbocycles. The van der Waals surface area contributed by atoms with Crippen molar-refractivity contribution in [1.82, 2.24) is 4.57 Å². The molecule has 112 valence electrons. The number of pyridine rings is 1. The molecule has 22 heavy (non-hydrogen) atoms. The van der Waals surface area contributed by atoms with Crippen LogP contribution in [0.1, 0.15) is 26.3 Å². The molecule has 0 unspecified atom stereocenters. The van der Waals surface area contributed by atoms with Gasteiger partial charge in [-0.05, 0) is 35.2 Å². The van der Waals surface area contributed by atoms with Crippen LogP contribution in [0.5, 0.6) is 0 Å². The monoisotopic (exact) mass is 292 g/mol. The first-order valence-electron chi connectivity index (χ1n) is 7.39. The lowest BCUT2D eigenvalue weighted by Gasteiger charge is -2.25. The molecular weight excluding hydrogens is 272 g/mol. The predicted molar refractivity (Wildman–Crippen MR) is 92.7 cm³/mol. The molecule has 0 bridgehead atoms. The average molecular weight is 292 g/mol. The van der Waals surface area contributed by atoms with E-state index < -0.39 is 0 Å². The fourth-order valence-corrected chi connectivity index (χ4v) is 2.80. The molecule has 0 aliphatic heterocycles. The standard InChI is InChI=1S/C19H20N2O/c1-19(2,3)15-9-8-13(20)12-17(15)21-11-10-18(22)14-6-4-5-7-16(14)21/h4-12H,20H2,1-3H3. The maximum Gasteiger partial charge on any atom is 0.189 e. The molecule has 1 aromatic heterocycles. The van der Waals surface area contributed by atoms with Crippen LogP contribution in [0, 0.1) is 0 Å². The summed E-state index contributed by atoms with van der Waals surface area (Å²) in [6.07, 6.45) is 1.83. The minimum absolute atomic E-state index is 0.0206. The summed E-state index contributed by atoms with van der Waals surface area (Å²) in [6, 6.07) is 15.2. The first kappa shape index (κ1) is 14.4. The average Bonchev–Trinajstić information content (AvgIpc) is 2.46. The summed E-state index contributed by atoms with van der Waals surface area (Å²) in [5.74, 6) is 0. The minimum atomic E-state index is -0.0206. The van der Waals surface area contributed by atoms with Crippen LogP contribution in [0.15, 0.2) is 59.5 Å². The van der Waals surface area contributed by atoms with Crippen LogP contribution in [0.3, 0.4) is 0 Å². The van der Waals surface area contributed by atoms with Gasteiger partial charge in [0.1, 0.15) is 0 Å². The van der Waals surface area contributed by atoms with E-state index in [1.807, 2.05) is 47.2 Å². The lowest BCUT2D eigenvalue weighted by molar-refractivity contribution is 0.587. The Kier molecular flexibility index (Phi) is 3.28. The summed E-state index contributed by atoms with van der Waals surface area (Å²) in [6.45, 7) is 6.52. The quantitative estimate of drug-likeness (QED) is 0.692. The van der Waals surface area contributed by atoms with Crippen molar-refractivity contribution < 1.29 is 0 Å². The molecule has 0 radical (unpaired) electrons. The Labute approximate surface area is 130 Å². The molecule has 0 saturated heterocycles. The summed E-state index contributed by atoms with van der Waals surface area (Å²) < 4.78 is 2.05. The molecule has 0 saturated carbocycles. The highest BCUT2D eigenvalue weighted by atomic mass is 16.1. The summed E-state index contributed by atoms with van der Waals surface area (Å²) in [5, 5.41) is 0.715. The number of nitrogen functional groups attached to an aromatic ring is 1. The van der Waals surface area contributed by atoms with Gasteiger partial charge in [-0.2, -0.15) is 0 Å². The predicted octanol–water partition coefficient (Wildman–Crippen LogP) is 3.87. The number of nitrogens with zero attached hydrogens (tertiary/aromatic N) is 1. The molecule has 0 aliphatic rings. The van der Waals surface area contributed by atoms with Crippen LogP contribution in [-0.2, 0) is 5.41 Å². The maximum atomic E-state index is 12.1. The number of aromatic nitrogens is 1. The van der Waals surface area contributed by atoms with Gasteiger partial charge < -0.3 is 10.3 Å². The molecule has 3 heteroatoms. The second-order valence-corrected chi connectivity index (χ2v) is 6.59. The number of nitrogens with two attached hydrogens (primary N) is 1. The second kappa shape index (κ2) is 5.02. The lowest BCUT2D eigenvalue weighted by atomic mass is 9.85. The number of para-hydroxylation sites is 1. The van der Waals surface area contributed by atoms with Crippen molar-refractivity contribution in [3.8, 4) is 5.69 Å². The van der Waals surface area contributed by atoms with Gasteiger partial charge in [0.05, 0.1) is 11.2 Å². The maximum absolute atomic E-state index is 12.1. The highest BCUT2D eigenvalue weighted by Crippen LogP contribution is 2.31. The first-order valence-corrected chi connectivity index (χ1v) is 7.39. The van der Waals surface area contributed by atoms with Crippen LogP contribution in [0.2, 0.25) is 0 Å². The van der Waals surface area contributed by atoms with Gasteiger partial charge in [0.25, 0.3) is 0 Å². The minimum Gasteiger partial charge on any atom is -0.399 e. The number of hydrogen-bond acceptors (Lipinski definition) is 2. The molecule has 3 aromatic rings. The summed E-state index contributed by atoms with van der Waals surface area (Å²) in [7, 11) is 0. The Morgan fingerprint density at radius 1 is 1.00 bits per heavy atom. The van der Waals surface area contributed by atoms with Gasteiger partial charge in [-0.3, -0.25) is 4.79 Å². The molecule has 3 rings (SSSR count). The zero-order chi connectivity index (χ0) is 15.9. The highest BCUT2D eigenvalue weighted by molar-refractivity contribution is 5.81. The molecule has 1 heterocycles. The van der Waals surface area contributed by atoms with E-state index in [2.05, 4.69) is 26.8 Å².